The molecule has 1 aromatic rings. The van der Waals surface area contributed by atoms with E-state index in [0.29, 0.717) is 13.2 Å². The molecule has 0 amide bonds. The minimum atomic E-state index is -0.437. The molecule has 0 unspecified atom stereocenters. The van der Waals surface area contributed by atoms with Crippen molar-refractivity contribution in [3.05, 3.63) is 35.9 Å². The van der Waals surface area contributed by atoms with Crippen LogP contribution < -0.4 is 0 Å². The molecule has 2 heteroatoms. The molecule has 0 aliphatic carbocycles. The zero-order valence-electron chi connectivity index (χ0n) is 11.4. The molecule has 0 aliphatic rings. The number of aliphatic hydroxyl groups is 1. The number of benzene rings is 1. The summed E-state index contributed by atoms with van der Waals surface area (Å²) in [5.41, 5.74) is 1.15. The largest absolute Gasteiger partial charge is 0.391 e. The lowest BCUT2D eigenvalue weighted by Crippen LogP contribution is -2.28. The van der Waals surface area contributed by atoms with Crippen LogP contribution in [0.2, 0.25) is 0 Å². The quantitative estimate of drug-likeness (QED) is 0.782. The van der Waals surface area contributed by atoms with Gasteiger partial charge in [-0.2, -0.15) is 0 Å². The second-order valence-electron chi connectivity index (χ2n) is 4.65. The summed E-state index contributed by atoms with van der Waals surface area (Å²) >= 11 is 0. The maximum Gasteiger partial charge on any atom is 0.0722 e. The Morgan fingerprint density at radius 1 is 1.22 bits per heavy atom. The third-order valence-corrected chi connectivity index (χ3v) is 2.96. The molecule has 2 nitrogen and oxygen atoms in total. The van der Waals surface area contributed by atoms with Crippen molar-refractivity contribution in [1.29, 1.82) is 0 Å². The molecular weight excluding hydrogens is 224 g/mol. The second kappa shape index (κ2) is 7.92. The first-order valence-corrected chi connectivity index (χ1v) is 6.37. The highest BCUT2D eigenvalue weighted by molar-refractivity contribution is 5.13. The van der Waals surface area contributed by atoms with Crippen molar-refractivity contribution in [3.63, 3.8) is 0 Å². The van der Waals surface area contributed by atoms with Crippen molar-refractivity contribution in [2.45, 2.75) is 33.5 Å². The van der Waals surface area contributed by atoms with Crippen LogP contribution in [0.25, 0.3) is 0 Å². The monoisotopic (exact) mass is 246 g/mol. The molecule has 98 valence electrons. The van der Waals surface area contributed by atoms with Crippen LogP contribution in [0.5, 0.6) is 0 Å². The molecule has 0 saturated heterocycles. The van der Waals surface area contributed by atoms with Gasteiger partial charge in [-0.05, 0) is 19.4 Å². The Kier molecular flexibility index (Phi) is 6.49. The summed E-state index contributed by atoms with van der Waals surface area (Å²) in [6, 6.07) is 10.0. The Hall–Kier alpha value is -1.30. The van der Waals surface area contributed by atoms with E-state index in [4.69, 9.17) is 4.74 Å². The summed E-state index contributed by atoms with van der Waals surface area (Å²) in [5.74, 6) is 5.89. The lowest BCUT2D eigenvalue weighted by molar-refractivity contribution is 0.0150. The van der Waals surface area contributed by atoms with Gasteiger partial charge in [-0.15, -0.1) is 5.92 Å². The van der Waals surface area contributed by atoms with E-state index in [1.807, 2.05) is 44.2 Å². The van der Waals surface area contributed by atoms with Crippen LogP contribution in [0.3, 0.4) is 0 Å². The number of hydrogen-bond acceptors (Lipinski definition) is 2. The number of ether oxygens (including phenoxy) is 1. The minimum Gasteiger partial charge on any atom is -0.391 e. The molecule has 0 bridgehead atoms. The fourth-order valence-electron chi connectivity index (χ4n) is 1.84. The predicted octanol–water partition coefficient (Wildman–Crippen LogP) is 2.86. The SMILES string of the molecule is CC#C[C@@H](C)[C@@H](O)[C@H](C)COCc1ccccc1. The number of aliphatic hydroxyl groups excluding tert-OH is 1. The molecule has 0 saturated carbocycles. The second-order valence-corrected chi connectivity index (χ2v) is 4.65. The van der Waals surface area contributed by atoms with Gasteiger partial charge in [0.1, 0.15) is 0 Å². The summed E-state index contributed by atoms with van der Waals surface area (Å²) in [6.07, 6.45) is -0.437. The topological polar surface area (TPSA) is 29.5 Å². The lowest BCUT2D eigenvalue weighted by atomic mass is 9.94. The zero-order chi connectivity index (χ0) is 13.4. The summed E-state index contributed by atoms with van der Waals surface area (Å²) in [6.45, 7) is 6.86. The van der Waals surface area contributed by atoms with Crippen molar-refractivity contribution in [1.82, 2.24) is 0 Å². The van der Waals surface area contributed by atoms with E-state index < -0.39 is 6.10 Å². The van der Waals surface area contributed by atoms with Crippen LogP contribution in [0.15, 0.2) is 30.3 Å². The smallest absolute Gasteiger partial charge is 0.0722 e. The van der Waals surface area contributed by atoms with E-state index in [1.165, 1.54) is 0 Å². The van der Waals surface area contributed by atoms with Gasteiger partial charge in [0.2, 0.25) is 0 Å². The molecule has 1 N–H and O–H groups in total. The van der Waals surface area contributed by atoms with Crippen LogP contribution in [0, 0.1) is 23.7 Å². The average Bonchev–Trinajstić information content (AvgIpc) is 2.39. The van der Waals surface area contributed by atoms with Crippen molar-refractivity contribution in [2.75, 3.05) is 6.61 Å². The van der Waals surface area contributed by atoms with E-state index in [1.54, 1.807) is 6.92 Å². The lowest BCUT2D eigenvalue weighted by Gasteiger charge is -2.21. The molecule has 3 atom stereocenters. The van der Waals surface area contributed by atoms with E-state index in [2.05, 4.69) is 11.8 Å². The van der Waals surface area contributed by atoms with Gasteiger partial charge in [0.05, 0.1) is 19.3 Å². The molecule has 0 fully saturated rings. The molecule has 0 spiro atoms. The first kappa shape index (κ1) is 14.8. The normalized spacial score (nSPS) is 15.3. The van der Waals surface area contributed by atoms with Gasteiger partial charge in [0, 0.05) is 11.8 Å². The Morgan fingerprint density at radius 3 is 2.50 bits per heavy atom. The van der Waals surface area contributed by atoms with E-state index in [-0.39, 0.29) is 11.8 Å². The highest BCUT2D eigenvalue weighted by Gasteiger charge is 2.19. The Balaban J connectivity index is 2.32. The summed E-state index contributed by atoms with van der Waals surface area (Å²) in [7, 11) is 0. The first-order valence-electron chi connectivity index (χ1n) is 6.37. The highest BCUT2D eigenvalue weighted by Crippen LogP contribution is 2.13. The fourth-order valence-corrected chi connectivity index (χ4v) is 1.84. The minimum absolute atomic E-state index is 0.00896. The fraction of sp³-hybridized carbons (Fsp3) is 0.500. The van der Waals surface area contributed by atoms with Crippen LogP contribution in [-0.2, 0) is 11.3 Å². The predicted molar refractivity (Wildman–Crippen MR) is 73.9 cm³/mol. The van der Waals surface area contributed by atoms with Crippen LogP contribution in [0.4, 0.5) is 0 Å². The Bertz CT molecular complexity index is 389. The van der Waals surface area contributed by atoms with Crippen LogP contribution in [-0.4, -0.2) is 17.8 Å². The van der Waals surface area contributed by atoms with Gasteiger partial charge < -0.3 is 9.84 Å². The Morgan fingerprint density at radius 2 is 1.89 bits per heavy atom. The molecule has 1 rings (SSSR count). The third kappa shape index (κ3) is 4.91. The molecular formula is C16H22O2. The molecule has 0 heterocycles. The maximum absolute atomic E-state index is 10.0. The van der Waals surface area contributed by atoms with E-state index in [9.17, 15) is 5.11 Å². The van der Waals surface area contributed by atoms with Crippen LogP contribution >= 0.6 is 0 Å². The third-order valence-electron chi connectivity index (χ3n) is 2.96. The van der Waals surface area contributed by atoms with Crippen LogP contribution in [0.1, 0.15) is 26.3 Å². The van der Waals surface area contributed by atoms with Gasteiger partial charge in [0.25, 0.3) is 0 Å². The number of hydrogen-bond donors (Lipinski definition) is 1. The van der Waals surface area contributed by atoms with Crippen molar-refractivity contribution in [3.8, 4) is 11.8 Å². The zero-order valence-corrected chi connectivity index (χ0v) is 11.4. The van der Waals surface area contributed by atoms with Gasteiger partial charge in [-0.3, -0.25) is 0 Å². The van der Waals surface area contributed by atoms with Gasteiger partial charge in [-0.25, -0.2) is 0 Å². The van der Waals surface area contributed by atoms with Crippen molar-refractivity contribution >= 4 is 0 Å². The molecule has 0 aliphatic heterocycles. The first-order chi connectivity index (χ1) is 8.65. The van der Waals surface area contributed by atoms with Gasteiger partial charge in [0.15, 0.2) is 0 Å². The van der Waals surface area contributed by atoms with Crippen molar-refractivity contribution < 1.29 is 9.84 Å². The van der Waals surface area contributed by atoms with Gasteiger partial charge in [-0.1, -0.05) is 43.2 Å². The standard InChI is InChI=1S/C16H22O2/c1-4-8-13(2)16(17)14(3)11-18-12-15-9-6-5-7-10-15/h5-7,9-10,13-14,16-17H,11-12H2,1-3H3/t13-,14-,16-/m1/s1. The average molecular weight is 246 g/mol. The highest BCUT2D eigenvalue weighted by atomic mass is 16.5. The molecule has 0 radical (unpaired) electrons. The van der Waals surface area contributed by atoms with Crippen molar-refractivity contribution in [2.24, 2.45) is 11.8 Å². The molecule has 18 heavy (non-hydrogen) atoms. The van der Waals surface area contributed by atoms with Gasteiger partial charge >= 0.3 is 0 Å². The number of rotatable bonds is 6. The maximum atomic E-state index is 10.0. The summed E-state index contributed by atoms with van der Waals surface area (Å²) in [5, 5.41) is 10.0. The van der Waals surface area contributed by atoms with E-state index in [0.717, 1.165) is 5.56 Å². The van der Waals surface area contributed by atoms with E-state index >= 15 is 0 Å². The summed E-state index contributed by atoms with van der Waals surface area (Å²) < 4.78 is 5.62. The molecule has 0 aromatic heterocycles. The molecule has 1 aromatic carbocycles. The Labute approximate surface area is 110 Å². The summed E-state index contributed by atoms with van der Waals surface area (Å²) in [4.78, 5) is 0.